The van der Waals surface area contributed by atoms with E-state index in [0.29, 0.717) is 21.9 Å². The van der Waals surface area contributed by atoms with Gasteiger partial charge < -0.3 is 5.11 Å². The lowest BCUT2D eigenvalue weighted by molar-refractivity contribution is -0.123. The Morgan fingerprint density at radius 2 is 1.71 bits per heavy atom. The maximum absolute atomic E-state index is 12.9. The van der Waals surface area contributed by atoms with Gasteiger partial charge in [0.15, 0.2) is 0 Å². The molecule has 1 saturated heterocycles. The molecule has 1 N–H and O–H groups in total. The minimum atomic E-state index is -0.353. The Morgan fingerprint density at radius 3 is 2.45 bits per heavy atom. The van der Waals surface area contributed by atoms with Crippen LogP contribution >= 0.6 is 23.4 Å². The van der Waals surface area contributed by atoms with Crippen molar-refractivity contribution in [2.45, 2.75) is 19.9 Å². The van der Waals surface area contributed by atoms with Gasteiger partial charge in [-0.3, -0.25) is 14.5 Å². The molecule has 1 aliphatic heterocycles. The average molecular weight is 450 g/mol. The number of rotatable bonds is 5. The SMILES string of the molecule is Cc1ccccc1CN1C(=O)S/C(=C\c2cc(Cc3ccccc3Cl)ccc2O)C1=O. The quantitative estimate of drug-likeness (QED) is 0.472. The summed E-state index contributed by atoms with van der Waals surface area (Å²) < 4.78 is 0. The predicted octanol–water partition coefficient (Wildman–Crippen LogP) is 6.18. The summed E-state index contributed by atoms with van der Waals surface area (Å²) in [5, 5.41) is 10.7. The highest BCUT2D eigenvalue weighted by atomic mass is 35.5. The van der Waals surface area contributed by atoms with E-state index in [4.69, 9.17) is 11.6 Å². The molecule has 1 aliphatic rings. The van der Waals surface area contributed by atoms with Crippen molar-refractivity contribution in [3.63, 3.8) is 0 Å². The Hall–Kier alpha value is -3.02. The van der Waals surface area contributed by atoms with Crippen molar-refractivity contribution in [1.82, 2.24) is 4.90 Å². The Morgan fingerprint density at radius 1 is 1.00 bits per heavy atom. The Balaban J connectivity index is 1.58. The second-order valence-corrected chi connectivity index (χ2v) is 8.76. The molecule has 2 amide bonds. The van der Waals surface area contributed by atoms with E-state index in [2.05, 4.69) is 0 Å². The van der Waals surface area contributed by atoms with Crippen molar-refractivity contribution in [2.75, 3.05) is 0 Å². The maximum atomic E-state index is 12.9. The van der Waals surface area contributed by atoms with Gasteiger partial charge in [0.05, 0.1) is 11.4 Å². The topological polar surface area (TPSA) is 57.6 Å². The van der Waals surface area contributed by atoms with Gasteiger partial charge in [-0.25, -0.2) is 0 Å². The van der Waals surface area contributed by atoms with Crippen LogP contribution in [0.25, 0.3) is 6.08 Å². The van der Waals surface area contributed by atoms with Crippen LogP contribution in [0.1, 0.15) is 27.8 Å². The van der Waals surface area contributed by atoms with Gasteiger partial charge in [-0.05, 0) is 71.6 Å². The number of thioether (sulfide) groups is 1. The van der Waals surface area contributed by atoms with E-state index in [0.717, 1.165) is 34.0 Å². The third-order valence-corrected chi connectivity index (χ3v) is 6.47. The highest BCUT2D eigenvalue weighted by Gasteiger charge is 2.35. The lowest BCUT2D eigenvalue weighted by Gasteiger charge is -2.14. The van der Waals surface area contributed by atoms with Crippen molar-refractivity contribution in [3.05, 3.63) is 104 Å². The number of imide groups is 1. The second kappa shape index (κ2) is 9.00. The smallest absolute Gasteiger partial charge is 0.293 e. The van der Waals surface area contributed by atoms with Crippen molar-refractivity contribution in [1.29, 1.82) is 0 Å². The van der Waals surface area contributed by atoms with E-state index in [1.165, 1.54) is 4.90 Å². The number of hydrogen-bond donors (Lipinski definition) is 1. The van der Waals surface area contributed by atoms with Crippen molar-refractivity contribution in [3.8, 4) is 5.75 Å². The highest BCUT2D eigenvalue weighted by Crippen LogP contribution is 2.35. The third-order valence-electron chi connectivity index (χ3n) is 5.19. The molecular weight excluding hydrogens is 430 g/mol. The van der Waals surface area contributed by atoms with E-state index in [9.17, 15) is 14.7 Å². The predicted molar refractivity (Wildman–Crippen MR) is 125 cm³/mol. The number of phenols is 1. The molecule has 0 radical (unpaired) electrons. The van der Waals surface area contributed by atoms with Crippen LogP contribution in [0.4, 0.5) is 4.79 Å². The maximum Gasteiger partial charge on any atom is 0.293 e. The molecule has 3 aromatic carbocycles. The van der Waals surface area contributed by atoms with Crippen LogP contribution in [0, 0.1) is 6.92 Å². The molecule has 156 valence electrons. The minimum absolute atomic E-state index is 0.0496. The van der Waals surface area contributed by atoms with E-state index in [-0.39, 0.29) is 23.4 Å². The van der Waals surface area contributed by atoms with E-state index in [1.54, 1.807) is 12.1 Å². The first kappa shape index (κ1) is 21.2. The van der Waals surface area contributed by atoms with Gasteiger partial charge >= 0.3 is 0 Å². The van der Waals surface area contributed by atoms with Gasteiger partial charge in [0, 0.05) is 10.6 Å². The molecule has 0 atom stereocenters. The summed E-state index contributed by atoms with van der Waals surface area (Å²) in [6.07, 6.45) is 2.17. The Bertz CT molecular complexity index is 1200. The number of benzene rings is 3. The zero-order valence-corrected chi connectivity index (χ0v) is 18.4. The molecular formula is C25H20ClNO3S. The molecule has 0 unspecified atom stereocenters. The summed E-state index contributed by atoms with van der Waals surface area (Å²) in [4.78, 5) is 26.9. The van der Waals surface area contributed by atoms with Gasteiger partial charge in [0.2, 0.25) is 0 Å². The number of nitrogens with zero attached hydrogens (tertiary/aromatic N) is 1. The summed E-state index contributed by atoms with van der Waals surface area (Å²) in [7, 11) is 0. The highest BCUT2D eigenvalue weighted by molar-refractivity contribution is 8.18. The molecule has 0 aromatic heterocycles. The molecule has 4 nitrogen and oxygen atoms in total. The van der Waals surface area contributed by atoms with Crippen LogP contribution < -0.4 is 0 Å². The summed E-state index contributed by atoms with van der Waals surface area (Å²) in [6.45, 7) is 2.18. The van der Waals surface area contributed by atoms with Crippen LogP contribution in [-0.4, -0.2) is 21.2 Å². The zero-order valence-electron chi connectivity index (χ0n) is 16.8. The van der Waals surface area contributed by atoms with Crippen LogP contribution in [0.5, 0.6) is 5.75 Å². The van der Waals surface area contributed by atoms with Gasteiger partial charge in [-0.2, -0.15) is 0 Å². The van der Waals surface area contributed by atoms with E-state index >= 15 is 0 Å². The normalized spacial score (nSPS) is 15.2. The monoisotopic (exact) mass is 449 g/mol. The number of halogens is 1. The molecule has 0 saturated carbocycles. The van der Waals surface area contributed by atoms with E-state index < -0.39 is 0 Å². The molecule has 31 heavy (non-hydrogen) atoms. The molecule has 3 aromatic rings. The fourth-order valence-electron chi connectivity index (χ4n) is 3.43. The van der Waals surface area contributed by atoms with Gasteiger partial charge in [0.25, 0.3) is 11.1 Å². The molecule has 0 bridgehead atoms. The van der Waals surface area contributed by atoms with Crippen molar-refractivity contribution in [2.24, 2.45) is 0 Å². The zero-order chi connectivity index (χ0) is 22.0. The third kappa shape index (κ3) is 4.68. The Labute approximate surface area is 190 Å². The summed E-state index contributed by atoms with van der Waals surface area (Å²) in [5.41, 5.74) is 4.35. The first-order chi connectivity index (χ1) is 14.9. The van der Waals surface area contributed by atoms with Crippen LogP contribution in [0.2, 0.25) is 5.02 Å². The van der Waals surface area contributed by atoms with Crippen molar-refractivity contribution >= 4 is 40.6 Å². The van der Waals surface area contributed by atoms with Crippen LogP contribution in [0.3, 0.4) is 0 Å². The molecule has 1 heterocycles. The average Bonchev–Trinajstić information content (AvgIpc) is 3.01. The summed E-state index contributed by atoms with van der Waals surface area (Å²) in [6, 6.07) is 20.5. The number of aryl methyl sites for hydroxylation is 1. The molecule has 6 heteroatoms. The molecule has 4 rings (SSSR count). The van der Waals surface area contributed by atoms with Gasteiger partial charge in [-0.1, -0.05) is 60.1 Å². The lowest BCUT2D eigenvalue weighted by atomic mass is 10.0. The second-order valence-electron chi connectivity index (χ2n) is 7.36. The number of amides is 2. The molecule has 0 aliphatic carbocycles. The summed E-state index contributed by atoms with van der Waals surface area (Å²) >= 11 is 7.15. The number of carbonyl (C=O) groups excluding carboxylic acids is 2. The fourth-order valence-corrected chi connectivity index (χ4v) is 4.46. The largest absolute Gasteiger partial charge is 0.507 e. The van der Waals surface area contributed by atoms with E-state index in [1.807, 2.05) is 67.6 Å². The first-order valence-corrected chi connectivity index (χ1v) is 11.0. The van der Waals surface area contributed by atoms with Gasteiger partial charge in [-0.15, -0.1) is 0 Å². The van der Waals surface area contributed by atoms with Gasteiger partial charge in [0.1, 0.15) is 5.75 Å². The molecule has 1 fully saturated rings. The van der Waals surface area contributed by atoms with Crippen LogP contribution in [-0.2, 0) is 17.8 Å². The first-order valence-electron chi connectivity index (χ1n) is 9.77. The Kier molecular flexibility index (Phi) is 6.16. The van der Waals surface area contributed by atoms with Crippen molar-refractivity contribution < 1.29 is 14.7 Å². The number of aromatic hydroxyl groups is 1. The molecule has 0 spiro atoms. The fraction of sp³-hybridized carbons (Fsp3) is 0.120. The minimum Gasteiger partial charge on any atom is -0.507 e. The lowest BCUT2D eigenvalue weighted by Crippen LogP contribution is -2.27. The number of phenolic OH excluding ortho intramolecular Hbond substituents is 1. The number of carbonyl (C=O) groups is 2. The summed E-state index contributed by atoms with van der Waals surface area (Å²) in [5.74, 6) is -0.303. The van der Waals surface area contributed by atoms with Crippen LogP contribution in [0.15, 0.2) is 71.6 Å². The standard InChI is InChI=1S/C25H20ClNO3S/c1-16-6-2-3-8-19(16)15-27-24(29)23(31-25(27)30)14-20-13-17(10-11-22(20)28)12-18-7-4-5-9-21(18)26/h2-11,13-14,28H,12,15H2,1H3/b23-14-. The number of hydrogen-bond acceptors (Lipinski definition) is 4.